The van der Waals surface area contributed by atoms with Crippen molar-refractivity contribution in [2.45, 2.75) is 44.9 Å². The van der Waals surface area contributed by atoms with Crippen molar-refractivity contribution in [2.24, 2.45) is 5.92 Å². The first-order valence-corrected chi connectivity index (χ1v) is 15.9. The maximum Gasteiger partial charge on any atom is 0.416 e. The summed E-state index contributed by atoms with van der Waals surface area (Å²) in [7, 11) is 0. The highest BCUT2D eigenvalue weighted by Gasteiger charge is 2.36. The van der Waals surface area contributed by atoms with Crippen LogP contribution in [0.5, 0.6) is 0 Å². The van der Waals surface area contributed by atoms with E-state index in [2.05, 4.69) is 10.2 Å². The first kappa shape index (κ1) is 34.2. The van der Waals surface area contributed by atoms with Crippen LogP contribution in [0, 0.1) is 5.92 Å². The van der Waals surface area contributed by atoms with Gasteiger partial charge in [0, 0.05) is 30.0 Å². The Morgan fingerprint density at radius 1 is 0.833 bits per heavy atom. The van der Waals surface area contributed by atoms with E-state index >= 15 is 0 Å². The Labute approximate surface area is 277 Å². The van der Waals surface area contributed by atoms with Crippen molar-refractivity contribution >= 4 is 29.2 Å². The molecule has 1 N–H and O–H groups in total. The van der Waals surface area contributed by atoms with E-state index in [1.54, 1.807) is 43.3 Å². The zero-order valence-corrected chi connectivity index (χ0v) is 26.7. The molecule has 1 aliphatic rings. The van der Waals surface area contributed by atoms with Gasteiger partial charge < -0.3 is 19.7 Å². The standard InChI is InChI=1S/C38H37F3N2O5/c1-3-47-36(45)25(2)48-37(46)34(27-9-5-4-6-10-27)28-21-23-43(24-22-28)31-19-17-30(18-20-31)42-35(44)33-12-8-7-11-32(33)26-13-15-29(16-14-26)38(39,40)41/h4-20,25,28,34H,3,21-24H2,1-2H3,(H,42,44). The van der Waals surface area contributed by atoms with Gasteiger partial charge in [-0.05, 0) is 91.8 Å². The van der Waals surface area contributed by atoms with E-state index in [0.717, 1.165) is 36.2 Å². The highest BCUT2D eigenvalue weighted by molar-refractivity contribution is 6.08. The number of rotatable bonds is 10. The number of esters is 2. The number of piperidine rings is 1. The van der Waals surface area contributed by atoms with Crippen LogP contribution in [0.2, 0.25) is 0 Å². The van der Waals surface area contributed by atoms with E-state index < -0.39 is 35.7 Å². The lowest BCUT2D eigenvalue weighted by Gasteiger charge is -2.37. The summed E-state index contributed by atoms with van der Waals surface area (Å²) in [6.07, 6.45) is -3.99. The number of halogens is 3. The van der Waals surface area contributed by atoms with Gasteiger partial charge in [0.15, 0.2) is 6.10 Å². The van der Waals surface area contributed by atoms with Crippen molar-refractivity contribution in [3.63, 3.8) is 0 Å². The number of anilines is 2. The Kier molecular flexibility index (Phi) is 10.8. The predicted octanol–water partition coefficient (Wildman–Crippen LogP) is 8.12. The third kappa shape index (κ3) is 8.23. The van der Waals surface area contributed by atoms with Crippen molar-refractivity contribution in [1.29, 1.82) is 0 Å². The largest absolute Gasteiger partial charge is 0.463 e. The summed E-state index contributed by atoms with van der Waals surface area (Å²) in [5.41, 5.74) is 3.00. The molecule has 1 aliphatic heterocycles. The molecule has 1 heterocycles. The van der Waals surface area contributed by atoms with E-state index in [1.807, 2.05) is 42.5 Å². The van der Waals surface area contributed by atoms with E-state index in [4.69, 9.17) is 9.47 Å². The molecule has 0 radical (unpaired) electrons. The lowest BCUT2D eigenvalue weighted by Crippen LogP contribution is -2.39. The summed E-state index contributed by atoms with van der Waals surface area (Å²) >= 11 is 0. The molecule has 1 saturated heterocycles. The van der Waals surface area contributed by atoms with Gasteiger partial charge in [-0.15, -0.1) is 0 Å². The Morgan fingerprint density at radius 3 is 2.08 bits per heavy atom. The summed E-state index contributed by atoms with van der Waals surface area (Å²) in [5.74, 6) is -1.91. The van der Waals surface area contributed by atoms with Gasteiger partial charge in [0.1, 0.15) is 0 Å². The van der Waals surface area contributed by atoms with Gasteiger partial charge >= 0.3 is 18.1 Å². The molecule has 1 fully saturated rings. The molecule has 0 aliphatic carbocycles. The van der Waals surface area contributed by atoms with Crippen LogP contribution in [0.15, 0.2) is 103 Å². The van der Waals surface area contributed by atoms with E-state index in [-0.39, 0.29) is 18.4 Å². The molecule has 7 nitrogen and oxygen atoms in total. The zero-order valence-electron chi connectivity index (χ0n) is 26.7. The Bertz CT molecular complexity index is 1700. The van der Waals surface area contributed by atoms with E-state index in [9.17, 15) is 27.6 Å². The van der Waals surface area contributed by atoms with E-state index in [1.165, 1.54) is 19.1 Å². The molecule has 48 heavy (non-hydrogen) atoms. The molecule has 5 rings (SSSR count). The summed E-state index contributed by atoms with van der Waals surface area (Å²) in [6, 6.07) is 28.4. The molecular formula is C38H37F3N2O5. The number of carbonyl (C=O) groups is 3. The highest BCUT2D eigenvalue weighted by atomic mass is 19.4. The van der Waals surface area contributed by atoms with Gasteiger partial charge in [-0.1, -0.05) is 60.7 Å². The van der Waals surface area contributed by atoms with Crippen molar-refractivity contribution in [1.82, 2.24) is 0 Å². The second kappa shape index (κ2) is 15.2. The number of carbonyl (C=O) groups excluding carboxylic acids is 3. The molecule has 4 aromatic carbocycles. The van der Waals surface area contributed by atoms with Gasteiger partial charge in [-0.3, -0.25) is 9.59 Å². The maximum absolute atomic E-state index is 13.4. The number of benzene rings is 4. The number of nitrogens with zero attached hydrogens (tertiary/aromatic N) is 1. The number of ether oxygens (including phenoxy) is 2. The van der Waals surface area contributed by atoms with Crippen LogP contribution in [-0.4, -0.2) is 43.6 Å². The molecule has 0 bridgehead atoms. The first-order chi connectivity index (χ1) is 23.0. The quantitative estimate of drug-likeness (QED) is 0.173. The van der Waals surface area contributed by atoms with Crippen LogP contribution in [0.1, 0.15) is 54.1 Å². The van der Waals surface area contributed by atoms with Gasteiger partial charge in [-0.25, -0.2) is 4.79 Å². The fourth-order valence-corrected chi connectivity index (χ4v) is 6.03. The number of alkyl halides is 3. The lowest BCUT2D eigenvalue weighted by molar-refractivity contribution is -0.168. The summed E-state index contributed by atoms with van der Waals surface area (Å²) in [6.45, 7) is 4.81. The number of hydrogen-bond acceptors (Lipinski definition) is 6. The van der Waals surface area contributed by atoms with Crippen LogP contribution < -0.4 is 10.2 Å². The summed E-state index contributed by atoms with van der Waals surface area (Å²) in [4.78, 5) is 41.0. The van der Waals surface area contributed by atoms with Crippen molar-refractivity contribution in [2.75, 3.05) is 29.9 Å². The Morgan fingerprint density at radius 2 is 1.46 bits per heavy atom. The van der Waals surface area contributed by atoms with Crippen LogP contribution in [0.3, 0.4) is 0 Å². The fraction of sp³-hybridized carbons (Fsp3) is 0.289. The van der Waals surface area contributed by atoms with Crippen molar-refractivity contribution in [3.05, 3.63) is 120 Å². The second-order valence-corrected chi connectivity index (χ2v) is 11.7. The third-order valence-electron chi connectivity index (χ3n) is 8.52. The van der Waals surface area contributed by atoms with Gasteiger partial charge in [0.2, 0.25) is 0 Å². The van der Waals surface area contributed by atoms with Gasteiger partial charge in [0.25, 0.3) is 5.91 Å². The molecule has 2 unspecified atom stereocenters. The average Bonchev–Trinajstić information content (AvgIpc) is 3.09. The Balaban J connectivity index is 1.22. The number of hydrogen-bond donors (Lipinski definition) is 1. The summed E-state index contributed by atoms with van der Waals surface area (Å²) in [5, 5.41) is 2.90. The van der Waals surface area contributed by atoms with Crippen molar-refractivity contribution in [3.8, 4) is 11.1 Å². The van der Waals surface area contributed by atoms with E-state index in [0.29, 0.717) is 35.5 Å². The molecule has 4 aromatic rings. The molecule has 0 saturated carbocycles. The van der Waals surface area contributed by atoms with Crippen LogP contribution in [0.25, 0.3) is 11.1 Å². The second-order valence-electron chi connectivity index (χ2n) is 11.7. The zero-order chi connectivity index (χ0) is 34.3. The SMILES string of the molecule is CCOC(=O)C(C)OC(=O)C(c1ccccc1)C1CCN(c2ccc(NC(=O)c3ccccc3-c3ccc(C(F)(F)F)cc3)cc2)CC1. The number of amides is 1. The predicted molar refractivity (Wildman–Crippen MR) is 178 cm³/mol. The molecule has 250 valence electrons. The molecular weight excluding hydrogens is 621 g/mol. The first-order valence-electron chi connectivity index (χ1n) is 15.9. The molecule has 10 heteroatoms. The Hall–Kier alpha value is -5.12. The lowest BCUT2D eigenvalue weighted by atomic mass is 9.80. The average molecular weight is 659 g/mol. The maximum atomic E-state index is 13.4. The van der Waals surface area contributed by atoms with Gasteiger partial charge in [-0.2, -0.15) is 13.2 Å². The smallest absolute Gasteiger partial charge is 0.416 e. The molecule has 0 aromatic heterocycles. The van der Waals surface area contributed by atoms with Crippen molar-refractivity contribution < 1.29 is 37.0 Å². The molecule has 2 atom stereocenters. The highest BCUT2D eigenvalue weighted by Crippen LogP contribution is 2.36. The minimum absolute atomic E-state index is 0.00819. The number of nitrogens with one attached hydrogen (secondary N) is 1. The normalized spacial score (nSPS) is 14.9. The van der Waals surface area contributed by atoms with Gasteiger partial charge in [0.05, 0.1) is 18.1 Å². The third-order valence-corrected chi connectivity index (χ3v) is 8.52. The summed E-state index contributed by atoms with van der Waals surface area (Å²) < 4.78 is 49.7. The molecule has 1 amide bonds. The van der Waals surface area contributed by atoms with Crippen LogP contribution in [0.4, 0.5) is 24.5 Å². The monoisotopic (exact) mass is 658 g/mol. The minimum atomic E-state index is -4.44. The fourth-order valence-electron chi connectivity index (χ4n) is 6.03. The molecule has 0 spiro atoms. The van der Waals surface area contributed by atoms with Crippen LogP contribution >= 0.6 is 0 Å². The minimum Gasteiger partial charge on any atom is -0.463 e. The topological polar surface area (TPSA) is 84.9 Å². The van der Waals surface area contributed by atoms with Crippen LogP contribution in [-0.2, 0) is 25.2 Å².